The summed E-state index contributed by atoms with van der Waals surface area (Å²) in [6, 6.07) is 20.4. The first-order chi connectivity index (χ1) is 11.8. The number of nitrogens with zero attached hydrogens (tertiary/aromatic N) is 1. The largest absolute Gasteiger partial charge is 0.480 e. The maximum absolute atomic E-state index is 6.41. The van der Waals surface area contributed by atoms with Gasteiger partial charge in [-0.15, -0.1) is 0 Å². The summed E-state index contributed by atoms with van der Waals surface area (Å²) in [5.74, 6) is 1.33. The lowest BCUT2D eigenvalue weighted by Gasteiger charge is -2.34. The maximum atomic E-state index is 6.41. The van der Waals surface area contributed by atoms with Gasteiger partial charge in [0.25, 0.3) is 11.6 Å². The molecule has 0 saturated heterocycles. The van der Waals surface area contributed by atoms with Crippen molar-refractivity contribution in [1.82, 2.24) is 0 Å². The zero-order valence-electron chi connectivity index (χ0n) is 13.2. The van der Waals surface area contributed by atoms with Gasteiger partial charge in [-0.3, -0.25) is 0 Å². The van der Waals surface area contributed by atoms with E-state index in [2.05, 4.69) is 35.6 Å². The predicted molar refractivity (Wildman–Crippen MR) is 95.2 cm³/mol. The van der Waals surface area contributed by atoms with Gasteiger partial charge in [-0.2, -0.15) is 0 Å². The van der Waals surface area contributed by atoms with Crippen LogP contribution in [0.2, 0.25) is 0 Å². The van der Waals surface area contributed by atoms with Crippen molar-refractivity contribution >= 4 is 28.0 Å². The molecule has 4 heteroatoms. The molecule has 2 heterocycles. The summed E-state index contributed by atoms with van der Waals surface area (Å²) in [7, 11) is 1.64. The zero-order valence-corrected chi connectivity index (χ0v) is 13.2. The Morgan fingerprint density at radius 1 is 1.04 bits per heavy atom. The molecule has 0 fully saturated rings. The number of methoxy groups -OCH3 is 1. The number of aliphatic imine (C=N–C) groups is 1. The van der Waals surface area contributed by atoms with Crippen LogP contribution in [-0.2, 0) is 11.2 Å². The number of fused-ring (bicyclic) bond motifs is 4. The van der Waals surface area contributed by atoms with E-state index in [0.717, 1.165) is 27.9 Å². The van der Waals surface area contributed by atoms with E-state index in [9.17, 15) is 0 Å². The average molecular weight is 316 g/mol. The van der Waals surface area contributed by atoms with E-state index < -0.39 is 5.72 Å². The third-order valence-electron chi connectivity index (χ3n) is 4.69. The highest BCUT2D eigenvalue weighted by Crippen LogP contribution is 2.45. The Labute approximate surface area is 139 Å². The van der Waals surface area contributed by atoms with Crippen molar-refractivity contribution in [3.63, 3.8) is 0 Å². The molecule has 2 aliphatic heterocycles. The average Bonchev–Trinajstić information content (AvgIpc) is 2.99. The Morgan fingerprint density at radius 2 is 1.88 bits per heavy atom. The van der Waals surface area contributed by atoms with Crippen molar-refractivity contribution < 1.29 is 9.47 Å². The molecule has 118 valence electrons. The van der Waals surface area contributed by atoms with Crippen LogP contribution in [0.25, 0.3) is 10.8 Å². The van der Waals surface area contributed by atoms with E-state index in [1.54, 1.807) is 7.11 Å². The van der Waals surface area contributed by atoms with Gasteiger partial charge in [-0.05, 0) is 23.1 Å². The number of nitrogens with one attached hydrogen (secondary N) is 1. The molecule has 3 aromatic carbocycles. The van der Waals surface area contributed by atoms with Crippen LogP contribution in [0.4, 0.5) is 11.4 Å². The Hall–Kier alpha value is -3.01. The van der Waals surface area contributed by atoms with Crippen molar-refractivity contribution in [3.05, 3.63) is 66.2 Å². The molecular weight excluding hydrogens is 300 g/mol. The Balaban J connectivity index is 1.68. The number of hydrogen-bond acceptors (Lipinski definition) is 4. The second-order valence-corrected chi connectivity index (χ2v) is 6.14. The minimum Gasteiger partial charge on any atom is -0.480 e. The van der Waals surface area contributed by atoms with Gasteiger partial charge in [0.15, 0.2) is 0 Å². The summed E-state index contributed by atoms with van der Waals surface area (Å²) in [4.78, 5) is 4.82. The monoisotopic (exact) mass is 316 g/mol. The van der Waals surface area contributed by atoms with Gasteiger partial charge < -0.3 is 14.8 Å². The highest BCUT2D eigenvalue weighted by atomic mass is 16.6. The molecule has 2 aliphatic rings. The quantitative estimate of drug-likeness (QED) is 0.673. The molecule has 0 saturated carbocycles. The molecule has 3 aromatic rings. The first-order valence-electron chi connectivity index (χ1n) is 7.99. The Kier molecular flexibility index (Phi) is 2.65. The molecule has 1 spiro atoms. The summed E-state index contributed by atoms with van der Waals surface area (Å²) >= 11 is 0. The van der Waals surface area contributed by atoms with Gasteiger partial charge in [0.2, 0.25) is 0 Å². The smallest absolute Gasteiger partial charge is 0.261 e. The molecule has 1 atom stereocenters. The zero-order chi connectivity index (χ0) is 16.1. The molecule has 0 amide bonds. The van der Waals surface area contributed by atoms with Gasteiger partial charge in [0.1, 0.15) is 11.4 Å². The first kappa shape index (κ1) is 13.4. The Morgan fingerprint density at radius 3 is 2.75 bits per heavy atom. The highest BCUT2D eigenvalue weighted by Gasteiger charge is 2.48. The fraction of sp³-hybridized carbons (Fsp3) is 0.150. The lowest BCUT2D eigenvalue weighted by atomic mass is 10.0. The van der Waals surface area contributed by atoms with Crippen LogP contribution in [0, 0.1) is 0 Å². The Bertz CT molecular complexity index is 969. The third kappa shape index (κ3) is 1.77. The fourth-order valence-corrected chi connectivity index (χ4v) is 3.58. The van der Waals surface area contributed by atoms with Gasteiger partial charge >= 0.3 is 0 Å². The van der Waals surface area contributed by atoms with Gasteiger partial charge in [-0.25, -0.2) is 4.99 Å². The molecule has 4 nitrogen and oxygen atoms in total. The van der Waals surface area contributed by atoms with E-state index in [4.69, 9.17) is 14.5 Å². The second-order valence-electron chi connectivity index (χ2n) is 6.14. The van der Waals surface area contributed by atoms with Crippen LogP contribution in [0.1, 0.15) is 5.56 Å². The van der Waals surface area contributed by atoms with Gasteiger partial charge in [0, 0.05) is 17.5 Å². The molecule has 5 rings (SSSR count). The van der Waals surface area contributed by atoms with Crippen molar-refractivity contribution in [2.45, 2.75) is 12.1 Å². The molecule has 0 aromatic heterocycles. The summed E-state index contributed by atoms with van der Waals surface area (Å²) < 4.78 is 12.0. The minimum atomic E-state index is -0.770. The van der Waals surface area contributed by atoms with E-state index >= 15 is 0 Å². The van der Waals surface area contributed by atoms with Crippen LogP contribution < -0.4 is 10.1 Å². The molecular formula is C20H16N2O2. The lowest BCUT2D eigenvalue weighted by Crippen LogP contribution is -2.52. The minimum absolute atomic E-state index is 0.558. The van der Waals surface area contributed by atoms with E-state index in [1.807, 2.05) is 30.3 Å². The predicted octanol–water partition coefficient (Wildman–Crippen LogP) is 4.27. The summed E-state index contributed by atoms with van der Waals surface area (Å²) in [5, 5.41) is 5.66. The molecule has 0 radical (unpaired) electrons. The van der Waals surface area contributed by atoms with Crippen molar-refractivity contribution in [3.8, 4) is 5.75 Å². The van der Waals surface area contributed by atoms with E-state index in [-0.39, 0.29) is 0 Å². The lowest BCUT2D eigenvalue weighted by molar-refractivity contribution is 0.142. The fourth-order valence-electron chi connectivity index (χ4n) is 3.58. The summed E-state index contributed by atoms with van der Waals surface area (Å²) in [6.07, 6.45) is 0.683. The molecule has 0 aliphatic carbocycles. The number of anilines is 1. The number of para-hydroxylation sites is 1. The van der Waals surface area contributed by atoms with Crippen molar-refractivity contribution in [1.29, 1.82) is 0 Å². The van der Waals surface area contributed by atoms with Gasteiger partial charge in [-0.1, -0.05) is 48.5 Å². The highest BCUT2D eigenvalue weighted by molar-refractivity contribution is 6.02. The van der Waals surface area contributed by atoms with E-state index in [1.165, 1.54) is 5.56 Å². The SMILES string of the molecule is COC1=Nc2c(ccc3ccccc23)OC12Cc1ccccc1N2. The van der Waals surface area contributed by atoms with Crippen LogP contribution in [0.5, 0.6) is 5.75 Å². The number of benzene rings is 3. The summed E-state index contributed by atoms with van der Waals surface area (Å²) in [5.41, 5.74) is 2.32. The molecule has 24 heavy (non-hydrogen) atoms. The first-order valence-corrected chi connectivity index (χ1v) is 7.99. The molecule has 0 bridgehead atoms. The third-order valence-corrected chi connectivity index (χ3v) is 4.69. The second kappa shape index (κ2) is 4.74. The number of rotatable bonds is 0. The van der Waals surface area contributed by atoms with Gasteiger partial charge in [0.05, 0.1) is 7.11 Å². The van der Waals surface area contributed by atoms with Crippen LogP contribution in [-0.4, -0.2) is 18.7 Å². The molecule has 1 N–H and O–H groups in total. The maximum Gasteiger partial charge on any atom is 0.261 e. The van der Waals surface area contributed by atoms with Crippen LogP contribution >= 0.6 is 0 Å². The molecule has 1 unspecified atom stereocenters. The summed E-state index contributed by atoms with van der Waals surface area (Å²) in [6.45, 7) is 0. The van der Waals surface area contributed by atoms with E-state index in [0.29, 0.717) is 12.3 Å². The van der Waals surface area contributed by atoms with Crippen LogP contribution in [0.15, 0.2) is 65.7 Å². The van der Waals surface area contributed by atoms with Crippen LogP contribution in [0.3, 0.4) is 0 Å². The van der Waals surface area contributed by atoms with Crippen molar-refractivity contribution in [2.75, 3.05) is 12.4 Å². The standard InChI is InChI=1S/C20H16N2O2/c1-23-19-20(12-14-7-3-5-9-16(14)22-20)24-17-11-10-13-6-2-4-8-15(13)18(17)21-19/h2-11,22H,12H2,1H3. The number of ether oxygens (including phenoxy) is 2. The number of hydrogen-bond donors (Lipinski definition) is 1. The topological polar surface area (TPSA) is 42.9 Å². The van der Waals surface area contributed by atoms with Crippen molar-refractivity contribution in [2.24, 2.45) is 4.99 Å². The normalized spacial score (nSPS) is 20.8.